The van der Waals surface area contributed by atoms with Crippen molar-refractivity contribution in [2.24, 2.45) is 11.7 Å². The average molecular weight is 286 g/mol. The Morgan fingerprint density at radius 2 is 1.94 bits per heavy atom. The van der Waals surface area contributed by atoms with Crippen LogP contribution in [-0.4, -0.2) is 43.0 Å². The summed E-state index contributed by atoms with van der Waals surface area (Å²) >= 11 is 0. The van der Waals surface area contributed by atoms with E-state index in [9.17, 15) is 4.79 Å². The van der Waals surface area contributed by atoms with Crippen molar-refractivity contribution in [3.8, 4) is 0 Å². The molecule has 0 aromatic rings. The van der Waals surface area contributed by atoms with E-state index in [1.165, 1.54) is 12.8 Å². The van der Waals surface area contributed by atoms with Crippen LogP contribution < -0.4 is 11.1 Å². The SMILES string of the molecule is CC(C)C(N)C(=O)NCCN(C)C1CC1.Cl.Cl. The molecule has 1 aliphatic carbocycles. The summed E-state index contributed by atoms with van der Waals surface area (Å²) in [6, 6.07) is 0.372. The lowest BCUT2D eigenvalue weighted by Crippen LogP contribution is -2.46. The Morgan fingerprint density at radius 3 is 2.35 bits per heavy atom. The van der Waals surface area contributed by atoms with E-state index in [1.807, 2.05) is 13.8 Å². The van der Waals surface area contributed by atoms with E-state index < -0.39 is 0 Å². The lowest BCUT2D eigenvalue weighted by atomic mass is 10.1. The van der Waals surface area contributed by atoms with Gasteiger partial charge in [-0.2, -0.15) is 0 Å². The van der Waals surface area contributed by atoms with Crippen LogP contribution in [0.1, 0.15) is 26.7 Å². The van der Waals surface area contributed by atoms with E-state index in [0.29, 0.717) is 6.54 Å². The van der Waals surface area contributed by atoms with Gasteiger partial charge in [0.1, 0.15) is 0 Å². The van der Waals surface area contributed by atoms with Gasteiger partial charge in [0.15, 0.2) is 0 Å². The second kappa shape index (κ2) is 8.97. The minimum atomic E-state index is -0.378. The van der Waals surface area contributed by atoms with Crippen molar-refractivity contribution >= 4 is 30.7 Å². The Kier molecular flexibility index (Phi) is 10.2. The number of nitrogens with one attached hydrogen (secondary N) is 1. The summed E-state index contributed by atoms with van der Waals surface area (Å²) in [5.41, 5.74) is 5.72. The summed E-state index contributed by atoms with van der Waals surface area (Å²) in [5.74, 6) is 0.167. The number of hydrogen-bond acceptors (Lipinski definition) is 3. The number of halogens is 2. The van der Waals surface area contributed by atoms with Crippen molar-refractivity contribution in [2.45, 2.75) is 38.8 Å². The number of carbonyl (C=O) groups is 1. The van der Waals surface area contributed by atoms with Gasteiger partial charge in [-0.05, 0) is 25.8 Å². The van der Waals surface area contributed by atoms with E-state index in [1.54, 1.807) is 0 Å². The molecule has 0 aromatic heterocycles. The lowest BCUT2D eigenvalue weighted by molar-refractivity contribution is -0.123. The fraction of sp³-hybridized carbons (Fsp3) is 0.909. The summed E-state index contributed by atoms with van der Waals surface area (Å²) in [4.78, 5) is 13.8. The van der Waals surface area contributed by atoms with Gasteiger partial charge in [0.05, 0.1) is 6.04 Å². The first-order chi connectivity index (χ1) is 7.02. The highest BCUT2D eigenvalue weighted by molar-refractivity contribution is 5.85. The minimum Gasteiger partial charge on any atom is -0.353 e. The largest absolute Gasteiger partial charge is 0.353 e. The zero-order valence-corrected chi connectivity index (χ0v) is 12.4. The van der Waals surface area contributed by atoms with Crippen LogP contribution in [0.25, 0.3) is 0 Å². The van der Waals surface area contributed by atoms with Gasteiger partial charge in [0.2, 0.25) is 5.91 Å². The normalized spacial score (nSPS) is 16.1. The number of nitrogens with zero attached hydrogens (tertiary/aromatic N) is 1. The number of likely N-dealkylation sites (N-methyl/N-ethyl adjacent to an activating group) is 1. The molecule has 1 fully saturated rings. The molecule has 0 heterocycles. The molecule has 1 rings (SSSR count). The molecule has 0 aromatic carbocycles. The minimum absolute atomic E-state index is 0. The molecule has 0 saturated heterocycles. The Balaban J connectivity index is 0. The van der Waals surface area contributed by atoms with Crippen molar-refractivity contribution in [1.29, 1.82) is 0 Å². The van der Waals surface area contributed by atoms with Crippen LogP contribution in [0.2, 0.25) is 0 Å². The smallest absolute Gasteiger partial charge is 0.237 e. The molecule has 1 unspecified atom stereocenters. The van der Waals surface area contributed by atoms with Crippen LogP contribution in [-0.2, 0) is 4.79 Å². The zero-order chi connectivity index (χ0) is 11.4. The van der Waals surface area contributed by atoms with Crippen LogP contribution in [0.15, 0.2) is 0 Å². The maximum absolute atomic E-state index is 11.5. The number of nitrogens with two attached hydrogens (primary N) is 1. The summed E-state index contributed by atoms with van der Waals surface area (Å²) in [5, 5.41) is 2.87. The van der Waals surface area contributed by atoms with Gasteiger partial charge in [-0.1, -0.05) is 13.8 Å². The number of hydrogen-bond donors (Lipinski definition) is 2. The number of amides is 1. The van der Waals surface area contributed by atoms with Gasteiger partial charge in [0, 0.05) is 19.1 Å². The van der Waals surface area contributed by atoms with Gasteiger partial charge in [-0.25, -0.2) is 0 Å². The van der Waals surface area contributed by atoms with Crippen molar-refractivity contribution in [2.75, 3.05) is 20.1 Å². The molecule has 1 aliphatic rings. The molecule has 1 atom stereocenters. The molecule has 1 amide bonds. The van der Waals surface area contributed by atoms with Gasteiger partial charge in [-0.15, -0.1) is 24.8 Å². The van der Waals surface area contributed by atoms with Gasteiger partial charge in [0.25, 0.3) is 0 Å². The van der Waals surface area contributed by atoms with Crippen LogP contribution in [0.4, 0.5) is 0 Å². The molecule has 0 aliphatic heterocycles. The summed E-state index contributed by atoms with van der Waals surface area (Å²) in [6.07, 6.45) is 2.60. The first kappa shape index (κ1) is 19.3. The Morgan fingerprint density at radius 1 is 1.41 bits per heavy atom. The number of rotatable bonds is 6. The fourth-order valence-electron chi connectivity index (χ4n) is 1.47. The maximum Gasteiger partial charge on any atom is 0.237 e. The molecule has 0 spiro atoms. The molecule has 1 saturated carbocycles. The summed E-state index contributed by atoms with van der Waals surface area (Å²) < 4.78 is 0. The lowest BCUT2D eigenvalue weighted by Gasteiger charge is -2.18. The average Bonchev–Trinajstić information content (AvgIpc) is 2.99. The predicted octanol–water partition coefficient (Wildman–Crippen LogP) is 1.02. The highest BCUT2D eigenvalue weighted by Gasteiger charge is 2.25. The van der Waals surface area contributed by atoms with Crippen molar-refractivity contribution in [3.05, 3.63) is 0 Å². The van der Waals surface area contributed by atoms with Crippen molar-refractivity contribution in [3.63, 3.8) is 0 Å². The van der Waals surface area contributed by atoms with Crippen molar-refractivity contribution < 1.29 is 4.79 Å². The third-order valence-electron chi connectivity index (χ3n) is 2.95. The van der Waals surface area contributed by atoms with Crippen molar-refractivity contribution in [1.82, 2.24) is 10.2 Å². The van der Waals surface area contributed by atoms with E-state index in [-0.39, 0.29) is 42.7 Å². The zero-order valence-electron chi connectivity index (χ0n) is 10.8. The van der Waals surface area contributed by atoms with Gasteiger partial charge >= 0.3 is 0 Å². The van der Waals surface area contributed by atoms with E-state index in [0.717, 1.165) is 12.6 Å². The highest BCUT2D eigenvalue weighted by Crippen LogP contribution is 2.24. The van der Waals surface area contributed by atoms with Crippen LogP contribution >= 0.6 is 24.8 Å². The third-order valence-corrected chi connectivity index (χ3v) is 2.95. The molecular weight excluding hydrogens is 261 g/mol. The highest BCUT2D eigenvalue weighted by atomic mass is 35.5. The Bertz CT molecular complexity index is 223. The van der Waals surface area contributed by atoms with Crippen LogP contribution in [0, 0.1) is 5.92 Å². The Labute approximate surface area is 117 Å². The van der Waals surface area contributed by atoms with Gasteiger partial charge in [-0.3, -0.25) is 4.79 Å². The first-order valence-corrected chi connectivity index (χ1v) is 5.76. The molecule has 0 bridgehead atoms. The first-order valence-electron chi connectivity index (χ1n) is 5.76. The maximum atomic E-state index is 11.5. The molecule has 6 heteroatoms. The third kappa shape index (κ3) is 7.09. The topological polar surface area (TPSA) is 58.4 Å². The molecule has 0 radical (unpaired) electrons. The summed E-state index contributed by atoms with van der Waals surface area (Å²) in [6.45, 7) is 5.54. The predicted molar refractivity (Wildman–Crippen MR) is 76.0 cm³/mol. The van der Waals surface area contributed by atoms with Gasteiger partial charge < -0.3 is 16.0 Å². The molecular formula is C11H25Cl2N3O. The molecule has 104 valence electrons. The monoisotopic (exact) mass is 285 g/mol. The number of carbonyl (C=O) groups excluding carboxylic acids is 1. The second-order valence-corrected chi connectivity index (χ2v) is 4.77. The Hall–Kier alpha value is -0.0300. The second-order valence-electron chi connectivity index (χ2n) is 4.77. The summed E-state index contributed by atoms with van der Waals surface area (Å²) in [7, 11) is 2.10. The fourth-order valence-corrected chi connectivity index (χ4v) is 1.47. The van der Waals surface area contributed by atoms with Crippen LogP contribution in [0.5, 0.6) is 0 Å². The van der Waals surface area contributed by atoms with E-state index in [4.69, 9.17) is 5.73 Å². The van der Waals surface area contributed by atoms with E-state index >= 15 is 0 Å². The quantitative estimate of drug-likeness (QED) is 0.766. The van der Waals surface area contributed by atoms with E-state index in [2.05, 4.69) is 17.3 Å². The molecule has 4 nitrogen and oxygen atoms in total. The molecule has 17 heavy (non-hydrogen) atoms. The van der Waals surface area contributed by atoms with Crippen LogP contribution in [0.3, 0.4) is 0 Å². The molecule has 3 N–H and O–H groups in total. The standard InChI is InChI=1S/C11H23N3O.2ClH/c1-8(2)10(12)11(15)13-6-7-14(3)9-4-5-9;;/h8-10H,4-7,12H2,1-3H3,(H,13,15);2*1H.